The number of rotatable bonds is 7. The summed E-state index contributed by atoms with van der Waals surface area (Å²) in [6.45, 7) is 1.56. The summed E-state index contributed by atoms with van der Waals surface area (Å²) in [6.07, 6.45) is 4.98. The Hall–Kier alpha value is -3.87. The maximum Gasteiger partial charge on any atom is 0.338 e. The number of hydrogen-bond donors (Lipinski definition) is 1. The third-order valence-corrected chi connectivity index (χ3v) is 6.39. The summed E-state index contributed by atoms with van der Waals surface area (Å²) in [5, 5.41) is 9.49. The van der Waals surface area contributed by atoms with Gasteiger partial charge >= 0.3 is 5.97 Å². The van der Waals surface area contributed by atoms with Crippen molar-refractivity contribution in [3.05, 3.63) is 95.2 Å². The third kappa shape index (κ3) is 4.27. The molecule has 1 aromatic carbocycles. The average molecular weight is 449 g/mol. The second-order valence-corrected chi connectivity index (χ2v) is 8.86. The van der Waals surface area contributed by atoms with Gasteiger partial charge in [-0.1, -0.05) is 12.1 Å². The third-order valence-electron chi connectivity index (χ3n) is 4.99. The van der Waals surface area contributed by atoms with Crippen molar-refractivity contribution < 1.29 is 22.4 Å². The minimum atomic E-state index is -3.87. The van der Waals surface area contributed by atoms with E-state index in [0.29, 0.717) is 28.0 Å². The number of esters is 1. The fraction of sp³-hybridized carbons (Fsp3) is 0.130. The molecule has 0 bridgehead atoms. The first kappa shape index (κ1) is 21.4. The van der Waals surface area contributed by atoms with E-state index < -0.39 is 16.0 Å². The van der Waals surface area contributed by atoms with Gasteiger partial charge in [0.2, 0.25) is 10.0 Å². The molecule has 8 nitrogen and oxygen atoms in total. The molecule has 0 aliphatic rings. The molecule has 0 aliphatic carbocycles. The van der Waals surface area contributed by atoms with E-state index in [9.17, 15) is 18.5 Å². The van der Waals surface area contributed by atoms with Gasteiger partial charge < -0.3 is 13.6 Å². The number of aryl methyl sites for hydroxylation is 1. The molecule has 0 saturated heterocycles. The maximum atomic E-state index is 12.7. The van der Waals surface area contributed by atoms with Crippen molar-refractivity contribution in [1.82, 2.24) is 9.12 Å². The molecule has 0 spiro atoms. The van der Waals surface area contributed by atoms with Crippen LogP contribution in [0.4, 0.5) is 0 Å². The SMILES string of the molecule is Cc1ccc(S(=O)(=O)NCc2ccco2)cc1C(=O)OCc1cn2ccccc2c1C#N. The summed E-state index contributed by atoms with van der Waals surface area (Å²) in [6, 6.07) is 15.2. The van der Waals surface area contributed by atoms with Crippen LogP contribution in [-0.4, -0.2) is 18.8 Å². The standard InChI is InChI=1S/C23H19N3O5S/c1-16-7-8-19(32(28,29)25-13-18-5-4-10-30-18)11-20(16)23(27)31-15-17-14-26-9-3-2-6-22(26)21(17)12-24/h2-11,14,25H,13,15H2,1H3. The minimum Gasteiger partial charge on any atom is -0.468 e. The van der Waals surface area contributed by atoms with Gasteiger partial charge in [0.05, 0.1) is 34.3 Å². The van der Waals surface area contributed by atoms with E-state index >= 15 is 0 Å². The van der Waals surface area contributed by atoms with E-state index in [0.717, 1.165) is 0 Å². The van der Waals surface area contributed by atoms with E-state index in [2.05, 4.69) is 10.8 Å². The van der Waals surface area contributed by atoms with Crippen LogP contribution in [0.2, 0.25) is 0 Å². The van der Waals surface area contributed by atoms with E-state index in [1.807, 2.05) is 12.1 Å². The van der Waals surface area contributed by atoms with Crippen LogP contribution in [0.3, 0.4) is 0 Å². The Kier molecular flexibility index (Phi) is 5.81. The molecule has 0 unspecified atom stereocenters. The highest BCUT2D eigenvalue weighted by atomic mass is 32.2. The van der Waals surface area contributed by atoms with Crippen LogP contribution in [0.15, 0.2) is 76.5 Å². The zero-order valence-corrected chi connectivity index (χ0v) is 17.9. The Balaban J connectivity index is 1.52. The predicted molar refractivity (Wildman–Crippen MR) is 115 cm³/mol. The highest BCUT2D eigenvalue weighted by Gasteiger charge is 2.20. The van der Waals surface area contributed by atoms with Crippen LogP contribution < -0.4 is 4.72 Å². The number of nitrogens with one attached hydrogen (secondary N) is 1. The molecule has 0 saturated carbocycles. The lowest BCUT2D eigenvalue weighted by Gasteiger charge is -2.10. The number of carbonyl (C=O) groups is 1. The van der Waals surface area contributed by atoms with Crippen LogP contribution in [0.1, 0.15) is 32.8 Å². The average Bonchev–Trinajstić information content (AvgIpc) is 3.43. The van der Waals surface area contributed by atoms with Crippen molar-refractivity contribution in [2.24, 2.45) is 0 Å². The number of ether oxygens (including phenoxy) is 1. The van der Waals surface area contributed by atoms with Crippen molar-refractivity contribution >= 4 is 21.5 Å². The normalized spacial score (nSPS) is 11.4. The summed E-state index contributed by atoms with van der Waals surface area (Å²) in [5.74, 6) is -0.210. The van der Waals surface area contributed by atoms with Gasteiger partial charge in [-0.2, -0.15) is 5.26 Å². The summed E-state index contributed by atoms with van der Waals surface area (Å²) in [4.78, 5) is 12.7. The number of fused-ring (bicyclic) bond motifs is 1. The lowest BCUT2D eigenvalue weighted by molar-refractivity contribution is 0.0471. The Morgan fingerprint density at radius 3 is 2.81 bits per heavy atom. The zero-order valence-electron chi connectivity index (χ0n) is 17.1. The summed E-state index contributed by atoms with van der Waals surface area (Å²) >= 11 is 0. The summed E-state index contributed by atoms with van der Waals surface area (Å²) in [7, 11) is -3.87. The number of sulfonamides is 1. The Morgan fingerprint density at radius 2 is 2.06 bits per heavy atom. The minimum absolute atomic E-state index is 0.0118. The van der Waals surface area contributed by atoms with Crippen LogP contribution in [0.25, 0.3) is 5.52 Å². The first-order valence-corrected chi connectivity index (χ1v) is 11.2. The van der Waals surface area contributed by atoms with Gasteiger partial charge in [-0.15, -0.1) is 0 Å². The van der Waals surface area contributed by atoms with E-state index in [1.165, 1.54) is 18.4 Å². The van der Waals surface area contributed by atoms with Gasteiger partial charge in [-0.3, -0.25) is 0 Å². The van der Waals surface area contributed by atoms with E-state index in [4.69, 9.17) is 9.15 Å². The number of pyridine rings is 1. The fourth-order valence-electron chi connectivity index (χ4n) is 3.29. The highest BCUT2D eigenvalue weighted by Crippen LogP contribution is 2.21. The number of hydrogen-bond acceptors (Lipinski definition) is 6. The van der Waals surface area contributed by atoms with Gasteiger partial charge in [0.25, 0.3) is 0 Å². The maximum absolute atomic E-state index is 12.7. The van der Waals surface area contributed by atoms with Crippen LogP contribution in [0, 0.1) is 18.3 Å². The molecule has 0 amide bonds. The Labute approximate surface area is 184 Å². The molecular formula is C23H19N3O5S. The quantitative estimate of drug-likeness (QED) is 0.432. The monoisotopic (exact) mass is 449 g/mol. The predicted octanol–water partition coefficient (Wildman–Crippen LogP) is 3.55. The van der Waals surface area contributed by atoms with Crippen molar-refractivity contribution in [1.29, 1.82) is 5.26 Å². The zero-order chi connectivity index (χ0) is 22.7. The molecule has 1 N–H and O–H groups in total. The molecule has 0 radical (unpaired) electrons. The Morgan fingerprint density at radius 1 is 1.22 bits per heavy atom. The molecule has 3 aromatic heterocycles. The fourth-order valence-corrected chi connectivity index (χ4v) is 4.31. The molecule has 3 heterocycles. The first-order chi connectivity index (χ1) is 15.4. The second-order valence-electron chi connectivity index (χ2n) is 7.09. The van der Waals surface area contributed by atoms with Crippen molar-refractivity contribution in [2.45, 2.75) is 25.0 Å². The smallest absolute Gasteiger partial charge is 0.338 e. The van der Waals surface area contributed by atoms with Gasteiger partial charge in [-0.05, 0) is 48.9 Å². The van der Waals surface area contributed by atoms with Crippen molar-refractivity contribution in [3.8, 4) is 6.07 Å². The lowest BCUT2D eigenvalue weighted by Crippen LogP contribution is -2.23. The molecule has 0 aliphatic heterocycles. The molecule has 4 rings (SSSR count). The van der Waals surface area contributed by atoms with Crippen LogP contribution in [-0.2, 0) is 27.9 Å². The number of aromatic nitrogens is 1. The molecule has 4 aromatic rings. The Bertz CT molecular complexity index is 1430. The largest absolute Gasteiger partial charge is 0.468 e. The molecular weight excluding hydrogens is 430 g/mol. The second kappa shape index (κ2) is 8.70. The molecule has 9 heteroatoms. The van der Waals surface area contributed by atoms with Crippen LogP contribution in [0.5, 0.6) is 0 Å². The van der Waals surface area contributed by atoms with Gasteiger partial charge in [0.1, 0.15) is 18.4 Å². The van der Waals surface area contributed by atoms with Crippen LogP contribution >= 0.6 is 0 Å². The van der Waals surface area contributed by atoms with Gasteiger partial charge in [0, 0.05) is 18.0 Å². The van der Waals surface area contributed by atoms with Gasteiger partial charge in [-0.25, -0.2) is 17.9 Å². The molecule has 162 valence electrons. The number of carbonyl (C=O) groups excluding carboxylic acids is 1. The molecule has 0 atom stereocenters. The summed E-state index contributed by atoms with van der Waals surface area (Å²) < 4.78 is 40.0. The van der Waals surface area contributed by atoms with Crippen molar-refractivity contribution in [3.63, 3.8) is 0 Å². The number of nitrogens with zero attached hydrogens (tertiary/aromatic N) is 2. The van der Waals surface area contributed by atoms with Gasteiger partial charge in [0.15, 0.2) is 0 Å². The molecule has 32 heavy (non-hydrogen) atoms. The van der Waals surface area contributed by atoms with Crippen molar-refractivity contribution in [2.75, 3.05) is 0 Å². The topological polar surface area (TPSA) is 114 Å². The van der Waals surface area contributed by atoms with E-state index in [1.54, 1.807) is 48.0 Å². The summed E-state index contributed by atoms with van der Waals surface area (Å²) in [5.41, 5.74) is 2.41. The highest BCUT2D eigenvalue weighted by molar-refractivity contribution is 7.89. The number of furan rings is 1. The first-order valence-electron chi connectivity index (χ1n) is 9.67. The molecule has 0 fully saturated rings. The number of nitriles is 1. The lowest BCUT2D eigenvalue weighted by atomic mass is 10.1. The van der Waals surface area contributed by atoms with E-state index in [-0.39, 0.29) is 23.6 Å². The number of benzene rings is 1.